The average molecular weight is 673 g/mol. The van der Waals surface area contributed by atoms with Gasteiger partial charge in [-0.1, -0.05) is 121 Å². The summed E-state index contributed by atoms with van der Waals surface area (Å²) in [5, 5.41) is 0. The van der Waals surface area contributed by atoms with Gasteiger partial charge in [0.05, 0.1) is 44.2 Å². The Morgan fingerprint density at radius 3 is 1.28 bits per heavy atom. The molecule has 6 rings (SSSR count). The van der Waals surface area contributed by atoms with E-state index in [-0.39, 0.29) is 10.7 Å². The Kier molecular flexibility index (Phi) is 13.7. The van der Waals surface area contributed by atoms with Gasteiger partial charge < -0.3 is 28.4 Å². The summed E-state index contributed by atoms with van der Waals surface area (Å²) < 4.78 is 40.2. The van der Waals surface area contributed by atoms with Crippen molar-refractivity contribution < 1.29 is 28.4 Å². The molecule has 4 atom stereocenters. The van der Waals surface area contributed by atoms with Crippen molar-refractivity contribution in [3.8, 4) is 0 Å². The van der Waals surface area contributed by atoms with E-state index in [1.165, 1.54) is 6.42 Å². The summed E-state index contributed by atoms with van der Waals surface area (Å²) in [6.07, 6.45) is -1.40. The molecule has 4 aromatic carbocycles. The van der Waals surface area contributed by atoms with Gasteiger partial charge in [-0.2, -0.15) is 0 Å². The van der Waals surface area contributed by atoms with Crippen molar-refractivity contribution in [3.05, 3.63) is 144 Å². The number of thioether (sulfide) groups is 2. The summed E-state index contributed by atoms with van der Waals surface area (Å²) in [5.74, 6) is 2.15. The lowest BCUT2D eigenvalue weighted by atomic mass is 10.0. The Morgan fingerprint density at radius 2 is 0.851 bits per heavy atom. The fourth-order valence-corrected chi connectivity index (χ4v) is 8.82. The van der Waals surface area contributed by atoms with E-state index in [9.17, 15) is 0 Å². The van der Waals surface area contributed by atoms with Crippen LogP contribution in [0.25, 0.3) is 0 Å². The van der Waals surface area contributed by atoms with Crippen molar-refractivity contribution in [2.75, 3.05) is 24.7 Å². The van der Waals surface area contributed by atoms with E-state index in [1.54, 1.807) is 0 Å². The monoisotopic (exact) mass is 672 g/mol. The van der Waals surface area contributed by atoms with Crippen LogP contribution >= 0.6 is 23.5 Å². The lowest BCUT2D eigenvalue weighted by Gasteiger charge is -2.41. The highest BCUT2D eigenvalue weighted by atomic mass is 32.2. The molecule has 0 radical (unpaired) electrons. The number of ether oxygens (including phenoxy) is 6. The third-order valence-corrected chi connectivity index (χ3v) is 11.2. The van der Waals surface area contributed by atoms with Crippen LogP contribution in [0.15, 0.2) is 121 Å². The van der Waals surface area contributed by atoms with Crippen molar-refractivity contribution in [2.24, 2.45) is 0 Å². The van der Waals surface area contributed by atoms with Crippen LogP contribution in [0.2, 0.25) is 0 Å². The van der Waals surface area contributed by atoms with Gasteiger partial charge in [0.15, 0.2) is 6.29 Å². The lowest BCUT2D eigenvalue weighted by molar-refractivity contribution is -0.236. The summed E-state index contributed by atoms with van der Waals surface area (Å²) >= 11 is 3.88. The minimum Gasteiger partial charge on any atom is -0.369 e. The summed E-state index contributed by atoms with van der Waals surface area (Å²) in [5.41, 5.74) is 4.33. The molecule has 2 saturated heterocycles. The molecular formula is C39H44O6S2. The molecule has 0 aromatic heterocycles. The molecule has 0 unspecified atom stereocenters. The number of rotatable bonds is 17. The zero-order chi connectivity index (χ0) is 31.9. The van der Waals surface area contributed by atoms with Crippen molar-refractivity contribution in [1.82, 2.24) is 0 Å². The van der Waals surface area contributed by atoms with E-state index < -0.39 is 24.6 Å². The molecule has 2 heterocycles. The molecule has 0 spiro atoms. The number of benzene rings is 4. The second-order valence-corrected chi connectivity index (χ2v) is 14.4. The molecule has 0 aliphatic carbocycles. The molecule has 248 valence electrons. The van der Waals surface area contributed by atoms with Gasteiger partial charge in [-0.15, -0.1) is 23.5 Å². The third-order valence-electron chi connectivity index (χ3n) is 8.15. The topological polar surface area (TPSA) is 55.4 Å². The van der Waals surface area contributed by atoms with Crippen LogP contribution in [-0.4, -0.2) is 60.0 Å². The van der Waals surface area contributed by atoms with E-state index in [0.29, 0.717) is 39.6 Å². The zero-order valence-electron chi connectivity index (χ0n) is 26.6. The van der Waals surface area contributed by atoms with Gasteiger partial charge in [-0.25, -0.2) is 0 Å². The van der Waals surface area contributed by atoms with Crippen LogP contribution in [0.5, 0.6) is 0 Å². The number of hydrogen-bond acceptors (Lipinski definition) is 8. The second kappa shape index (κ2) is 18.8. The highest BCUT2D eigenvalue weighted by molar-refractivity contribution is 8.17. The Balaban J connectivity index is 1.37. The van der Waals surface area contributed by atoms with E-state index in [2.05, 4.69) is 60.7 Å². The quantitative estimate of drug-likeness (QED) is 0.112. The first-order chi connectivity index (χ1) is 23.3. The van der Waals surface area contributed by atoms with Crippen LogP contribution in [0, 0.1) is 0 Å². The highest BCUT2D eigenvalue weighted by Gasteiger charge is 2.46. The average Bonchev–Trinajstić information content (AvgIpc) is 3.68. The third kappa shape index (κ3) is 10.4. The molecule has 8 heteroatoms. The van der Waals surface area contributed by atoms with E-state index in [4.69, 9.17) is 28.4 Å². The fraction of sp³-hybridized carbons (Fsp3) is 0.385. The summed E-state index contributed by atoms with van der Waals surface area (Å²) in [7, 11) is 0. The van der Waals surface area contributed by atoms with Crippen LogP contribution in [0.3, 0.4) is 0 Å². The molecule has 6 nitrogen and oxygen atoms in total. The maximum Gasteiger partial charge on any atom is 0.186 e. The first-order valence-electron chi connectivity index (χ1n) is 16.4. The molecule has 0 bridgehead atoms. The molecule has 0 amide bonds. The van der Waals surface area contributed by atoms with Gasteiger partial charge in [0, 0.05) is 0 Å². The maximum atomic E-state index is 7.01. The Morgan fingerprint density at radius 1 is 0.489 bits per heavy atom. The highest BCUT2D eigenvalue weighted by Crippen LogP contribution is 2.39. The molecule has 4 aromatic rings. The van der Waals surface area contributed by atoms with Crippen LogP contribution < -0.4 is 0 Å². The Hall–Kier alpha value is -2.66. The second-order valence-electron chi connectivity index (χ2n) is 11.6. The van der Waals surface area contributed by atoms with Gasteiger partial charge >= 0.3 is 0 Å². The van der Waals surface area contributed by atoms with Crippen molar-refractivity contribution in [2.45, 2.75) is 68.1 Å². The summed E-state index contributed by atoms with van der Waals surface area (Å²) in [4.78, 5) is 0. The molecule has 47 heavy (non-hydrogen) atoms. The molecule has 2 aliphatic rings. The van der Waals surface area contributed by atoms with E-state index >= 15 is 0 Å². The molecule has 0 saturated carbocycles. The standard InChI is InChI=1S/C39H44O6S2/c1-5-14-30(15-6-1)26-42-34(36(38-40-22-23-41-38)44-28-32-18-9-3-10-19-32)35(43-27-31-16-7-2-8-17-31)37(39-46-24-13-25-47-39)45-29-33-20-11-4-12-21-33/h1-12,14-21,34-39H,13,22-29H2/t34-,35-,36+,37-/m1/s1. The molecular weight excluding hydrogens is 629 g/mol. The van der Waals surface area contributed by atoms with Crippen LogP contribution in [0.4, 0.5) is 0 Å². The predicted octanol–water partition coefficient (Wildman–Crippen LogP) is 7.90. The first-order valence-corrected chi connectivity index (χ1v) is 18.5. The van der Waals surface area contributed by atoms with Gasteiger partial charge in [-0.3, -0.25) is 0 Å². The SMILES string of the molecule is c1ccc(CO[C@H]([C@@H](OCc2ccccc2)[C@@H](OCc2ccccc2)C2SCCCS2)[C@H](OCc2ccccc2)C2OCCO2)cc1. The van der Waals surface area contributed by atoms with Crippen molar-refractivity contribution >= 4 is 23.5 Å². The van der Waals surface area contributed by atoms with Crippen molar-refractivity contribution in [1.29, 1.82) is 0 Å². The van der Waals surface area contributed by atoms with Gasteiger partial charge in [-0.05, 0) is 40.2 Å². The lowest BCUT2D eigenvalue weighted by Crippen LogP contribution is -2.55. The first kappa shape index (κ1) is 34.2. The minimum absolute atomic E-state index is 0.149. The normalized spacial score (nSPS) is 18.5. The number of hydrogen-bond donors (Lipinski definition) is 0. The maximum absolute atomic E-state index is 7.01. The summed E-state index contributed by atoms with van der Waals surface area (Å²) in [6.45, 7) is 2.63. The van der Waals surface area contributed by atoms with Crippen LogP contribution in [0.1, 0.15) is 28.7 Å². The molecule has 2 aliphatic heterocycles. The zero-order valence-corrected chi connectivity index (χ0v) is 28.3. The fourth-order valence-electron chi connectivity index (χ4n) is 5.74. The Labute approximate surface area is 287 Å². The van der Waals surface area contributed by atoms with Gasteiger partial charge in [0.2, 0.25) is 0 Å². The summed E-state index contributed by atoms with van der Waals surface area (Å²) in [6, 6.07) is 41.1. The Bertz CT molecular complexity index is 1400. The van der Waals surface area contributed by atoms with E-state index in [0.717, 1.165) is 33.8 Å². The molecule has 2 fully saturated rings. The van der Waals surface area contributed by atoms with Gasteiger partial charge in [0.1, 0.15) is 24.4 Å². The van der Waals surface area contributed by atoms with Gasteiger partial charge in [0.25, 0.3) is 0 Å². The predicted molar refractivity (Wildman–Crippen MR) is 189 cm³/mol. The van der Waals surface area contributed by atoms with Crippen LogP contribution in [-0.2, 0) is 54.8 Å². The minimum atomic E-state index is -0.608. The molecule has 0 N–H and O–H groups in total. The van der Waals surface area contributed by atoms with Crippen molar-refractivity contribution in [3.63, 3.8) is 0 Å². The smallest absolute Gasteiger partial charge is 0.186 e. The largest absolute Gasteiger partial charge is 0.369 e. The van der Waals surface area contributed by atoms with E-state index in [1.807, 2.05) is 84.2 Å².